The lowest BCUT2D eigenvalue weighted by Gasteiger charge is -2.03. The molecule has 7 heteroatoms. The number of nitrogens with one attached hydrogen (secondary N) is 2. The highest BCUT2D eigenvalue weighted by Gasteiger charge is 2.13. The van der Waals surface area contributed by atoms with Crippen molar-refractivity contribution in [2.24, 2.45) is 0 Å². The van der Waals surface area contributed by atoms with Gasteiger partial charge in [0.1, 0.15) is 11.6 Å². The minimum atomic E-state index is -0.0628. The van der Waals surface area contributed by atoms with Gasteiger partial charge in [-0.15, -0.1) is 0 Å². The first-order chi connectivity index (χ1) is 11.6. The van der Waals surface area contributed by atoms with Gasteiger partial charge in [-0.3, -0.25) is 9.89 Å². The molecular formula is C17H19N5O2. The van der Waals surface area contributed by atoms with Crippen LogP contribution in [-0.2, 0) is 17.6 Å². The van der Waals surface area contributed by atoms with E-state index in [9.17, 15) is 4.79 Å². The maximum atomic E-state index is 12.0. The molecule has 1 amide bonds. The highest BCUT2D eigenvalue weighted by molar-refractivity contribution is 5.78. The highest BCUT2D eigenvalue weighted by Crippen LogP contribution is 2.14. The number of amides is 1. The van der Waals surface area contributed by atoms with Crippen molar-refractivity contribution in [1.82, 2.24) is 25.7 Å². The molecule has 0 saturated carbocycles. The Hall–Kier alpha value is -2.96. The van der Waals surface area contributed by atoms with Crippen molar-refractivity contribution < 1.29 is 9.32 Å². The average Bonchev–Trinajstić information content (AvgIpc) is 3.18. The molecule has 0 fully saturated rings. The predicted octanol–water partition coefficient (Wildman–Crippen LogP) is 1.98. The molecule has 0 atom stereocenters. The Bertz CT molecular complexity index is 803. The van der Waals surface area contributed by atoms with Gasteiger partial charge in [0.2, 0.25) is 5.91 Å². The van der Waals surface area contributed by atoms with Gasteiger partial charge in [-0.1, -0.05) is 35.5 Å². The average molecular weight is 325 g/mol. The van der Waals surface area contributed by atoms with Gasteiger partial charge < -0.3 is 9.84 Å². The Morgan fingerprint density at radius 3 is 2.75 bits per heavy atom. The highest BCUT2D eigenvalue weighted by atomic mass is 16.5. The smallest absolute Gasteiger partial charge is 0.224 e. The van der Waals surface area contributed by atoms with Crippen LogP contribution in [0.4, 0.5) is 0 Å². The van der Waals surface area contributed by atoms with Crippen molar-refractivity contribution in [2.75, 3.05) is 6.54 Å². The molecule has 1 aromatic carbocycles. The number of carbonyl (C=O) groups excluding carboxylic acids is 1. The molecule has 0 radical (unpaired) electrons. The van der Waals surface area contributed by atoms with Crippen LogP contribution in [0, 0.1) is 13.8 Å². The van der Waals surface area contributed by atoms with Gasteiger partial charge in [-0.25, -0.2) is 4.98 Å². The van der Waals surface area contributed by atoms with E-state index in [0.717, 1.165) is 22.6 Å². The third-order valence-corrected chi connectivity index (χ3v) is 3.77. The van der Waals surface area contributed by atoms with E-state index in [1.54, 1.807) is 0 Å². The monoisotopic (exact) mass is 325 g/mol. The summed E-state index contributed by atoms with van der Waals surface area (Å²) in [5.41, 5.74) is 2.56. The van der Waals surface area contributed by atoms with Gasteiger partial charge in [0, 0.05) is 24.1 Å². The molecule has 3 rings (SSSR count). The maximum Gasteiger partial charge on any atom is 0.224 e. The Balaban J connectivity index is 1.50. The number of hydrogen-bond donors (Lipinski definition) is 2. The molecule has 0 spiro atoms. The zero-order chi connectivity index (χ0) is 16.9. The number of aryl methyl sites for hydroxylation is 2. The number of aromatic nitrogens is 4. The first-order valence-electron chi connectivity index (χ1n) is 7.78. The van der Waals surface area contributed by atoms with Gasteiger partial charge in [-0.2, -0.15) is 5.10 Å². The minimum absolute atomic E-state index is 0.0628. The van der Waals surface area contributed by atoms with Crippen molar-refractivity contribution in [1.29, 1.82) is 0 Å². The van der Waals surface area contributed by atoms with Gasteiger partial charge >= 0.3 is 0 Å². The summed E-state index contributed by atoms with van der Waals surface area (Å²) in [5, 5.41) is 13.8. The summed E-state index contributed by atoms with van der Waals surface area (Å²) >= 11 is 0. The fourth-order valence-corrected chi connectivity index (χ4v) is 2.42. The Morgan fingerprint density at radius 1 is 1.25 bits per heavy atom. The second-order valence-corrected chi connectivity index (χ2v) is 5.55. The second-order valence-electron chi connectivity index (χ2n) is 5.55. The molecule has 7 nitrogen and oxygen atoms in total. The maximum absolute atomic E-state index is 12.0. The standard InChI is InChI=1S/C17H19N5O2/c1-11-14(12(2)24-22-11)10-16(23)18-9-8-15-19-17(21-20-15)13-6-4-3-5-7-13/h3-7H,8-10H2,1-2H3,(H,18,23)(H,19,20,21). The quantitative estimate of drug-likeness (QED) is 0.722. The molecule has 2 N–H and O–H groups in total. The van der Waals surface area contributed by atoms with E-state index in [1.807, 2.05) is 44.2 Å². The summed E-state index contributed by atoms with van der Waals surface area (Å²) in [7, 11) is 0. The zero-order valence-electron chi connectivity index (χ0n) is 13.7. The van der Waals surface area contributed by atoms with Crippen molar-refractivity contribution in [3.05, 3.63) is 53.2 Å². The molecule has 0 unspecified atom stereocenters. The topological polar surface area (TPSA) is 96.7 Å². The van der Waals surface area contributed by atoms with Crippen LogP contribution in [-0.4, -0.2) is 32.8 Å². The van der Waals surface area contributed by atoms with E-state index >= 15 is 0 Å². The fraction of sp³-hybridized carbons (Fsp3) is 0.294. The molecule has 0 bridgehead atoms. The van der Waals surface area contributed by atoms with Gasteiger partial charge in [0.25, 0.3) is 0 Å². The van der Waals surface area contributed by atoms with Gasteiger partial charge in [-0.05, 0) is 13.8 Å². The molecule has 0 aliphatic rings. The van der Waals surface area contributed by atoms with Crippen LogP contribution in [0.3, 0.4) is 0 Å². The summed E-state index contributed by atoms with van der Waals surface area (Å²) in [4.78, 5) is 16.4. The third-order valence-electron chi connectivity index (χ3n) is 3.77. The first-order valence-corrected chi connectivity index (χ1v) is 7.78. The fourth-order valence-electron chi connectivity index (χ4n) is 2.42. The predicted molar refractivity (Wildman–Crippen MR) is 88.2 cm³/mol. The molecule has 24 heavy (non-hydrogen) atoms. The number of benzene rings is 1. The number of H-pyrrole nitrogens is 1. The summed E-state index contributed by atoms with van der Waals surface area (Å²) in [6, 6.07) is 9.75. The van der Waals surface area contributed by atoms with Crippen molar-refractivity contribution in [2.45, 2.75) is 26.7 Å². The van der Waals surface area contributed by atoms with Crippen molar-refractivity contribution >= 4 is 5.91 Å². The number of carbonyl (C=O) groups is 1. The van der Waals surface area contributed by atoms with Gasteiger partial charge in [0.05, 0.1) is 12.1 Å². The molecule has 0 aliphatic carbocycles. The number of nitrogens with zero attached hydrogens (tertiary/aromatic N) is 3. The molecule has 124 valence electrons. The van der Waals surface area contributed by atoms with E-state index in [0.29, 0.717) is 24.6 Å². The summed E-state index contributed by atoms with van der Waals surface area (Å²) in [6.45, 7) is 4.13. The van der Waals surface area contributed by atoms with Crippen molar-refractivity contribution in [3.63, 3.8) is 0 Å². The molecule has 2 heterocycles. The van der Waals surface area contributed by atoms with Gasteiger partial charge in [0.15, 0.2) is 5.82 Å². The first kappa shape index (κ1) is 15.9. The third kappa shape index (κ3) is 3.68. The van der Waals surface area contributed by atoms with E-state index in [4.69, 9.17) is 4.52 Å². The summed E-state index contributed by atoms with van der Waals surface area (Å²) in [6.07, 6.45) is 0.861. The molecule has 0 aliphatic heterocycles. The molecule has 0 saturated heterocycles. The molecular weight excluding hydrogens is 306 g/mol. The van der Waals surface area contributed by atoms with E-state index < -0.39 is 0 Å². The number of rotatable bonds is 6. The minimum Gasteiger partial charge on any atom is -0.361 e. The molecule has 2 aromatic heterocycles. The van der Waals surface area contributed by atoms with Crippen LogP contribution in [0.2, 0.25) is 0 Å². The number of aromatic amines is 1. The lowest BCUT2D eigenvalue weighted by Crippen LogP contribution is -2.27. The van der Waals surface area contributed by atoms with Crippen LogP contribution in [0.25, 0.3) is 11.4 Å². The zero-order valence-corrected chi connectivity index (χ0v) is 13.7. The lowest BCUT2D eigenvalue weighted by molar-refractivity contribution is -0.120. The largest absolute Gasteiger partial charge is 0.361 e. The van der Waals surface area contributed by atoms with Crippen LogP contribution in [0.5, 0.6) is 0 Å². The second kappa shape index (κ2) is 7.08. The molecule has 3 aromatic rings. The van der Waals surface area contributed by atoms with Crippen LogP contribution < -0.4 is 5.32 Å². The van der Waals surface area contributed by atoms with E-state index in [-0.39, 0.29) is 12.3 Å². The van der Waals surface area contributed by atoms with E-state index in [2.05, 4.69) is 25.7 Å². The normalized spacial score (nSPS) is 10.8. The number of hydrogen-bond acceptors (Lipinski definition) is 5. The van der Waals surface area contributed by atoms with Crippen LogP contribution >= 0.6 is 0 Å². The van der Waals surface area contributed by atoms with Crippen LogP contribution in [0.1, 0.15) is 22.8 Å². The van der Waals surface area contributed by atoms with Crippen molar-refractivity contribution in [3.8, 4) is 11.4 Å². The van der Waals surface area contributed by atoms with Crippen LogP contribution in [0.15, 0.2) is 34.9 Å². The summed E-state index contributed by atoms with van der Waals surface area (Å²) < 4.78 is 5.06. The Morgan fingerprint density at radius 2 is 2.04 bits per heavy atom. The lowest BCUT2D eigenvalue weighted by atomic mass is 10.1. The summed E-state index contributed by atoms with van der Waals surface area (Å²) in [5.74, 6) is 2.02. The SMILES string of the molecule is Cc1noc(C)c1CC(=O)NCCc1nc(-c2ccccc2)n[nH]1. The Labute approximate surface area is 139 Å². The Kier molecular flexibility index (Phi) is 4.69. The van der Waals surface area contributed by atoms with E-state index in [1.165, 1.54) is 0 Å².